The van der Waals surface area contributed by atoms with Crippen LogP contribution >= 0.6 is 0 Å². The summed E-state index contributed by atoms with van der Waals surface area (Å²) in [7, 11) is 1.59. The van der Waals surface area contributed by atoms with Gasteiger partial charge in [-0.3, -0.25) is 19.3 Å². The van der Waals surface area contributed by atoms with Gasteiger partial charge in [-0.25, -0.2) is 14.2 Å². The first-order valence-corrected chi connectivity index (χ1v) is 8.64. The molecule has 0 radical (unpaired) electrons. The topological polar surface area (TPSA) is 123 Å². The first kappa shape index (κ1) is 18.2. The number of oxazole rings is 1. The van der Waals surface area contributed by atoms with E-state index in [0.29, 0.717) is 22.5 Å². The van der Waals surface area contributed by atoms with Crippen molar-refractivity contribution < 1.29 is 9.52 Å². The number of aryl methyl sites for hydroxylation is 2. The van der Waals surface area contributed by atoms with Crippen LogP contribution in [0.25, 0.3) is 16.8 Å². The second-order valence-corrected chi connectivity index (χ2v) is 6.50. The molecule has 9 nitrogen and oxygen atoms in total. The van der Waals surface area contributed by atoms with Crippen LogP contribution in [0.4, 0.5) is 5.69 Å². The van der Waals surface area contributed by atoms with Crippen LogP contribution in [-0.2, 0) is 7.05 Å². The predicted molar refractivity (Wildman–Crippen MR) is 108 cm³/mol. The quantitative estimate of drug-likeness (QED) is 0.514. The first-order valence-electron chi connectivity index (χ1n) is 8.64. The fourth-order valence-electron chi connectivity index (χ4n) is 2.93. The third-order valence-electron chi connectivity index (χ3n) is 4.53. The molecule has 4 aromatic rings. The molecule has 29 heavy (non-hydrogen) atoms. The van der Waals surface area contributed by atoms with Crippen LogP contribution < -0.4 is 17.0 Å². The van der Waals surface area contributed by atoms with Gasteiger partial charge in [0.1, 0.15) is 5.56 Å². The molecule has 0 bridgehead atoms. The number of fused-ring (bicyclic) bond motifs is 1. The number of hydrogen-bond acceptors (Lipinski definition) is 6. The lowest BCUT2D eigenvalue weighted by Gasteiger charge is -2.09. The van der Waals surface area contributed by atoms with Crippen molar-refractivity contribution >= 4 is 23.0 Å². The molecule has 0 fully saturated rings. The van der Waals surface area contributed by atoms with E-state index in [1.807, 2.05) is 6.92 Å². The number of H-pyrrole nitrogens is 1. The van der Waals surface area contributed by atoms with E-state index < -0.39 is 22.9 Å². The van der Waals surface area contributed by atoms with Crippen molar-refractivity contribution in [3.63, 3.8) is 0 Å². The molecule has 0 unspecified atom stereocenters. The van der Waals surface area contributed by atoms with Crippen LogP contribution in [0.3, 0.4) is 0 Å². The van der Waals surface area contributed by atoms with E-state index in [-0.39, 0.29) is 5.56 Å². The highest BCUT2D eigenvalue weighted by atomic mass is 16.4. The summed E-state index contributed by atoms with van der Waals surface area (Å²) in [4.78, 5) is 42.3. The number of nitrogens with zero attached hydrogens (tertiary/aromatic N) is 3. The highest BCUT2D eigenvalue weighted by molar-refractivity contribution is 5.85. The van der Waals surface area contributed by atoms with Crippen molar-refractivity contribution in [3.8, 4) is 11.6 Å². The van der Waals surface area contributed by atoms with Gasteiger partial charge in [0.2, 0.25) is 5.88 Å². The maximum Gasteiger partial charge on any atom is 0.419 e. The van der Waals surface area contributed by atoms with Gasteiger partial charge in [0.25, 0.3) is 5.56 Å². The van der Waals surface area contributed by atoms with Crippen molar-refractivity contribution in [2.75, 3.05) is 0 Å². The summed E-state index contributed by atoms with van der Waals surface area (Å²) in [5, 5.41) is 10.6. The normalized spacial score (nSPS) is 11.5. The lowest BCUT2D eigenvalue weighted by molar-refractivity contribution is 0.430. The second-order valence-electron chi connectivity index (χ2n) is 6.50. The molecule has 2 heterocycles. The molecule has 146 valence electrons. The zero-order chi connectivity index (χ0) is 20.7. The molecule has 0 aliphatic rings. The van der Waals surface area contributed by atoms with E-state index >= 15 is 0 Å². The average Bonchev–Trinajstić information content (AvgIpc) is 2.96. The number of rotatable bonds is 3. The molecule has 0 atom stereocenters. The Hall–Kier alpha value is -4.14. The standard InChI is InChI=1S/C20H16N4O5/c1-11-3-6-13(7-4-11)24-18(26)14(17(25)22-19(24)27)10-21-12-5-8-15-16(9-12)29-20(28)23(15)2/h3-10,26H,1-2H3,(H,22,25,27). The molecule has 0 spiro atoms. The molecule has 0 aliphatic heterocycles. The minimum absolute atomic E-state index is 0.181. The Labute approximate surface area is 162 Å². The van der Waals surface area contributed by atoms with E-state index in [1.165, 1.54) is 10.6 Å². The molecule has 0 aliphatic carbocycles. The SMILES string of the molecule is Cc1ccc(-n2c(O)c(C=Nc3ccc4c(c3)oc(=O)n4C)c(=O)[nH]c2=O)cc1. The zero-order valence-corrected chi connectivity index (χ0v) is 15.5. The first-order chi connectivity index (χ1) is 13.8. The number of aliphatic imine (C=N–C) groups is 1. The van der Waals surface area contributed by atoms with Crippen LogP contribution in [-0.4, -0.2) is 25.4 Å². The van der Waals surface area contributed by atoms with Gasteiger partial charge in [0.15, 0.2) is 5.58 Å². The molecule has 2 aromatic heterocycles. The van der Waals surface area contributed by atoms with E-state index in [1.54, 1.807) is 43.4 Å². The van der Waals surface area contributed by atoms with Gasteiger partial charge >= 0.3 is 11.4 Å². The Kier molecular flexibility index (Phi) is 4.27. The molecular formula is C20H16N4O5. The second kappa shape index (κ2) is 6.79. The van der Waals surface area contributed by atoms with Crippen molar-refractivity contribution in [2.45, 2.75) is 6.92 Å². The Balaban J connectivity index is 1.80. The lowest BCUT2D eigenvalue weighted by Crippen LogP contribution is -2.31. The number of aromatic amines is 1. The summed E-state index contributed by atoms with van der Waals surface area (Å²) < 4.78 is 7.46. The fourth-order valence-corrected chi connectivity index (χ4v) is 2.93. The van der Waals surface area contributed by atoms with Crippen LogP contribution in [0.15, 0.2) is 66.3 Å². The average molecular weight is 392 g/mol. The van der Waals surface area contributed by atoms with Crippen LogP contribution in [0.2, 0.25) is 0 Å². The monoisotopic (exact) mass is 392 g/mol. The highest BCUT2D eigenvalue weighted by Gasteiger charge is 2.14. The zero-order valence-electron chi connectivity index (χ0n) is 15.5. The predicted octanol–water partition coefficient (Wildman–Crippen LogP) is 1.74. The van der Waals surface area contributed by atoms with E-state index in [2.05, 4.69) is 9.98 Å². The molecule has 0 saturated heterocycles. The minimum atomic E-state index is -0.771. The number of benzene rings is 2. The van der Waals surface area contributed by atoms with E-state index in [0.717, 1.165) is 16.3 Å². The summed E-state index contributed by atoms with van der Waals surface area (Å²) in [6.45, 7) is 1.89. The molecule has 4 rings (SSSR count). The Morgan fingerprint density at radius 1 is 1.10 bits per heavy atom. The fraction of sp³-hybridized carbons (Fsp3) is 0.100. The van der Waals surface area contributed by atoms with Crippen molar-refractivity contribution in [3.05, 3.63) is 85.0 Å². The van der Waals surface area contributed by atoms with Gasteiger partial charge in [-0.05, 0) is 31.2 Å². The molecule has 2 aromatic carbocycles. The summed E-state index contributed by atoms with van der Waals surface area (Å²) in [6, 6.07) is 11.7. The van der Waals surface area contributed by atoms with Crippen LogP contribution in [0.5, 0.6) is 5.88 Å². The maximum atomic E-state index is 12.2. The van der Waals surface area contributed by atoms with E-state index in [9.17, 15) is 19.5 Å². The lowest BCUT2D eigenvalue weighted by atomic mass is 10.2. The molecule has 0 amide bonds. The maximum absolute atomic E-state index is 12.2. The van der Waals surface area contributed by atoms with Gasteiger partial charge in [0, 0.05) is 19.3 Å². The molecule has 9 heteroatoms. The minimum Gasteiger partial charge on any atom is -0.493 e. The summed E-state index contributed by atoms with van der Waals surface area (Å²) >= 11 is 0. The van der Waals surface area contributed by atoms with Crippen molar-refractivity contribution in [1.82, 2.24) is 14.1 Å². The van der Waals surface area contributed by atoms with Gasteiger partial charge in [-0.2, -0.15) is 0 Å². The van der Waals surface area contributed by atoms with Crippen LogP contribution in [0, 0.1) is 6.92 Å². The summed E-state index contributed by atoms with van der Waals surface area (Å²) in [5.41, 5.74) is 1.01. The van der Waals surface area contributed by atoms with Gasteiger partial charge in [-0.1, -0.05) is 17.7 Å². The number of aromatic hydroxyl groups is 1. The summed E-state index contributed by atoms with van der Waals surface area (Å²) in [6.07, 6.45) is 1.15. The number of nitrogens with one attached hydrogen (secondary N) is 1. The van der Waals surface area contributed by atoms with Gasteiger partial charge in [-0.15, -0.1) is 0 Å². The van der Waals surface area contributed by atoms with Gasteiger partial charge in [0.05, 0.1) is 16.9 Å². The Morgan fingerprint density at radius 2 is 1.83 bits per heavy atom. The van der Waals surface area contributed by atoms with Gasteiger partial charge < -0.3 is 9.52 Å². The number of hydrogen-bond donors (Lipinski definition) is 2. The largest absolute Gasteiger partial charge is 0.493 e. The van der Waals surface area contributed by atoms with Crippen molar-refractivity contribution in [1.29, 1.82) is 0 Å². The Morgan fingerprint density at radius 3 is 2.55 bits per heavy atom. The van der Waals surface area contributed by atoms with Crippen molar-refractivity contribution in [2.24, 2.45) is 12.0 Å². The molecular weight excluding hydrogens is 376 g/mol. The smallest absolute Gasteiger partial charge is 0.419 e. The third-order valence-corrected chi connectivity index (χ3v) is 4.53. The summed E-state index contributed by atoms with van der Waals surface area (Å²) in [5.74, 6) is -1.03. The number of aromatic nitrogens is 3. The third kappa shape index (κ3) is 3.18. The highest BCUT2D eigenvalue weighted by Crippen LogP contribution is 2.21. The Bertz CT molecular complexity index is 1440. The molecule has 0 saturated carbocycles. The van der Waals surface area contributed by atoms with E-state index in [4.69, 9.17) is 4.42 Å². The van der Waals surface area contributed by atoms with Crippen LogP contribution in [0.1, 0.15) is 11.1 Å². The molecule has 2 N–H and O–H groups in total.